The van der Waals surface area contributed by atoms with E-state index in [1.807, 2.05) is 13.0 Å². The molecule has 3 heterocycles. The van der Waals surface area contributed by atoms with Crippen molar-refractivity contribution in [2.45, 2.75) is 58.2 Å². The fourth-order valence-electron chi connectivity index (χ4n) is 3.18. The van der Waals surface area contributed by atoms with Gasteiger partial charge >= 0.3 is 0 Å². The summed E-state index contributed by atoms with van der Waals surface area (Å²) in [4.78, 5) is 11.0. The van der Waals surface area contributed by atoms with Gasteiger partial charge in [0, 0.05) is 22.6 Å². The minimum absolute atomic E-state index is 0.107. The Morgan fingerprint density at radius 2 is 2.11 bits per heavy atom. The second kappa shape index (κ2) is 4.64. The topological polar surface area (TPSA) is 39.4 Å². The van der Waals surface area contributed by atoms with Crippen LogP contribution >= 0.6 is 0 Å². The molecule has 2 aromatic rings. The third-order valence-electron chi connectivity index (χ3n) is 4.15. The molecule has 1 aliphatic heterocycles. The molecule has 1 aliphatic rings. The second-order valence-electron chi connectivity index (χ2n) is 5.46. The van der Waals surface area contributed by atoms with Crippen molar-refractivity contribution in [1.29, 1.82) is 0 Å². The van der Waals surface area contributed by atoms with Crippen LogP contribution in [0.3, 0.4) is 0 Å². The summed E-state index contributed by atoms with van der Waals surface area (Å²) in [5.41, 5.74) is 5.29. The Morgan fingerprint density at radius 3 is 2.74 bits per heavy atom. The van der Waals surface area contributed by atoms with Gasteiger partial charge in [-0.15, -0.1) is 0 Å². The predicted octanol–water partition coefficient (Wildman–Crippen LogP) is 4.50. The molecular formula is C16H20O3. The van der Waals surface area contributed by atoms with Crippen molar-refractivity contribution in [3.8, 4) is 0 Å². The minimum Gasteiger partial charge on any atom is -0.456 e. The summed E-state index contributed by atoms with van der Waals surface area (Å²) in [6, 6.07) is 2.03. The normalized spacial score (nSPS) is 23.9. The molecule has 3 heteroatoms. The molecule has 0 radical (unpaired) electrons. The van der Waals surface area contributed by atoms with Crippen LogP contribution in [-0.4, -0.2) is 6.29 Å². The van der Waals surface area contributed by atoms with E-state index in [0.29, 0.717) is 0 Å². The van der Waals surface area contributed by atoms with Gasteiger partial charge in [0.25, 0.3) is 0 Å². The SMILES string of the molecule is CCCC1OC(CC)c2c1c1cc(C(C)C=O)c2o1. The maximum Gasteiger partial charge on any atom is 0.137 e. The fraction of sp³-hybridized carbons (Fsp3) is 0.562. The molecule has 0 saturated carbocycles. The average molecular weight is 260 g/mol. The first kappa shape index (κ1) is 12.7. The van der Waals surface area contributed by atoms with Crippen LogP contribution in [0.2, 0.25) is 0 Å². The smallest absolute Gasteiger partial charge is 0.137 e. The van der Waals surface area contributed by atoms with Gasteiger partial charge in [0.15, 0.2) is 0 Å². The average Bonchev–Trinajstić information content (AvgIpc) is 3.08. The van der Waals surface area contributed by atoms with Crippen molar-refractivity contribution in [1.82, 2.24) is 0 Å². The number of carbonyl (C=O) groups excluding carboxylic acids is 1. The van der Waals surface area contributed by atoms with E-state index in [0.717, 1.165) is 42.3 Å². The van der Waals surface area contributed by atoms with Gasteiger partial charge in [-0.1, -0.05) is 27.2 Å². The van der Waals surface area contributed by atoms with Crippen molar-refractivity contribution in [3.05, 3.63) is 22.8 Å². The number of aldehydes is 1. The van der Waals surface area contributed by atoms with Gasteiger partial charge in [0.2, 0.25) is 0 Å². The number of benzene rings is 1. The van der Waals surface area contributed by atoms with E-state index in [1.165, 1.54) is 11.1 Å². The summed E-state index contributed by atoms with van der Waals surface area (Å²) in [7, 11) is 0. The summed E-state index contributed by atoms with van der Waals surface area (Å²) in [5.74, 6) is -0.107. The zero-order valence-electron chi connectivity index (χ0n) is 11.7. The first-order chi connectivity index (χ1) is 9.21. The highest BCUT2D eigenvalue weighted by Gasteiger charge is 2.38. The van der Waals surface area contributed by atoms with E-state index in [4.69, 9.17) is 9.15 Å². The Hall–Kier alpha value is -1.35. The van der Waals surface area contributed by atoms with E-state index in [1.54, 1.807) is 0 Å². The number of hydrogen-bond donors (Lipinski definition) is 0. The molecular weight excluding hydrogens is 240 g/mol. The van der Waals surface area contributed by atoms with Crippen LogP contribution in [0.5, 0.6) is 0 Å². The largest absolute Gasteiger partial charge is 0.456 e. The van der Waals surface area contributed by atoms with Crippen molar-refractivity contribution in [2.75, 3.05) is 0 Å². The summed E-state index contributed by atoms with van der Waals surface area (Å²) < 4.78 is 12.1. The fourth-order valence-corrected chi connectivity index (χ4v) is 3.18. The molecule has 3 atom stereocenters. The molecule has 0 aromatic carbocycles. The zero-order valence-corrected chi connectivity index (χ0v) is 11.7. The molecule has 102 valence electrons. The lowest BCUT2D eigenvalue weighted by atomic mass is 9.93. The summed E-state index contributed by atoms with van der Waals surface area (Å²) >= 11 is 0. The molecule has 19 heavy (non-hydrogen) atoms. The lowest BCUT2D eigenvalue weighted by molar-refractivity contribution is -0.108. The molecule has 3 nitrogen and oxygen atoms in total. The van der Waals surface area contributed by atoms with Crippen LogP contribution in [0.15, 0.2) is 10.5 Å². The minimum atomic E-state index is -0.107. The molecule has 0 N–H and O–H groups in total. The molecule has 0 amide bonds. The Balaban J connectivity index is 2.11. The molecule has 0 saturated heterocycles. The molecule has 2 bridgehead atoms. The Labute approximate surface area is 113 Å². The molecule has 3 rings (SSSR count). The number of furan rings is 2. The van der Waals surface area contributed by atoms with Crippen molar-refractivity contribution in [3.63, 3.8) is 0 Å². The van der Waals surface area contributed by atoms with Gasteiger partial charge in [-0.25, -0.2) is 0 Å². The number of rotatable bonds is 5. The molecule has 3 unspecified atom stereocenters. The third-order valence-corrected chi connectivity index (χ3v) is 4.15. The van der Waals surface area contributed by atoms with E-state index in [2.05, 4.69) is 13.8 Å². The third kappa shape index (κ3) is 1.71. The van der Waals surface area contributed by atoms with Gasteiger partial charge < -0.3 is 13.9 Å². The van der Waals surface area contributed by atoms with Gasteiger partial charge in [0.1, 0.15) is 17.5 Å². The number of carbonyl (C=O) groups is 1. The lowest BCUT2D eigenvalue weighted by Gasteiger charge is -2.12. The Morgan fingerprint density at radius 1 is 1.32 bits per heavy atom. The van der Waals surface area contributed by atoms with Gasteiger partial charge in [-0.05, 0) is 18.9 Å². The maximum atomic E-state index is 11.0. The first-order valence-corrected chi connectivity index (χ1v) is 7.20. The van der Waals surface area contributed by atoms with Crippen molar-refractivity contribution in [2.24, 2.45) is 0 Å². The van der Waals surface area contributed by atoms with Gasteiger partial charge in [-0.3, -0.25) is 0 Å². The quantitative estimate of drug-likeness (QED) is 0.743. The van der Waals surface area contributed by atoms with Crippen LogP contribution in [-0.2, 0) is 9.53 Å². The highest BCUT2D eigenvalue weighted by molar-refractivity contribution is 5.82. The zero-order chi connectivity index (χ0) is 13.6. The summed E-state index contributed by atoms with van der Waals surface area (Å²) in [6.45, 7) is 6.22. The summed E-state index contributed by atoms with van der Waals surface area (Å²) in [6.07, 6.45) is 4.35. The van der Waals surface area contributed by atoms with E-state index in [9.17, 15) is 4.79 Å². The predicted molar refractivity (Wildman–Crippen MR) is 73.6 cm³/mol. The Kier molecular flexibility index (Phi) is 3.09. The molecule has 0 fully saturated rings. The van der Waals surface area contributed by atoms with Crippen LogP contribution in [0.4, 0.5) is 0 Å². The second-order valence-corrected chi connectivity index (χ2v) is 5.46. The van der Waals surface area contributed by atoms with Crippen molar-refractivity contribution < 1.29 is 13.9 Å². The molecule has 0 aliphatic carbocycles. The number of hydrogen-bond acceptors (Lipinski definition) is 3. The Bertz CT molecular complexity index is 584. The van der Waals surface area contributed by atoms with Crippen LogP contribution in [0, 0.1) is 0 Å². The van der Waals surface area contributed by atoms with E-state index < -0.39 is 0 Å². The van der Waals surface area contributed by atoms with Gasteiger partial charge in [0.05, 0.1) is 12.2 Å². The molecule has 2 aromatic heterocycles. The monoisotopic (exact) mass is 260 g/mol. The van der Waals surface area contributed by atoms with Crippen LogP contribution in [0.1, 0.15) is 74.8 Å². The van der Waals surface area contributed by atoms with E-state index in [-0.39, 0.29) is 18.1 Å². The highest BCUT2D eigenvalue weighted by atomic mass is 16.5. The maximum absolute atomic E-state index is 11.0. The van der Waals surface area contributed by atoms with Crippen LogP contribution in [0.25, 0.3) is 11.2 Å². The standard InChI is InChI=1S/C16H20O3/c1-4-6-12-14-13-7-10(9(3)8-17)16(19-13)15(14)11(5-2)18-12/h7-9,11-12H,4-6H2,1-3H3. The van der Waals surface area contributed by atoms with Crippen LogP contribution < -0.4 is 0 Å². The van der Waals surface area contributed by atoms with E-state index >= 15 is 0 Å². The molecule has 0 spiro atoms. The van der Waals surface area contributed by atoms with Gasteiger partial charge in [-0.2, -0.15) is 0 Å². The number of ether oxygens (including phenoxy) is 1. The number of fused-ring (bicyclic) bond motifs is 5. The summed E-state index contributed by atoms with van der Waals surface area (Å²) in [5, 5.41) is 0. The highest BCUT2D eigenvalue weighted by Crippen LogP contribution is 2.51. The van der Waals surface area contributed by atoms with Crippen molar-refractivity contribution >= 4 is 17.5 Å². The lowest BCUT2D eigenvalue weighted by Crippen LogP contribution is -1.98. The first-order valence-electron chi connectivity index (χ1n) is 7.20.